The smallest absolute Gasteiger partial charge is 0.494 e. The van der Waals surface area contributed by atoms with Crippen LogP contribution in [-0.4, -0.2) is 33.5 Å². The summed E-state index contributed by atoms with van der Waals surface area (Å²) in [6, 6.07) is 6.35. The molecule has 0 bridgehead atoms. The summed E-state index contributed by atoms with van der Waals surface area (Å²) in [5, 5.41) is 1.32. The van der Waals surface area contributed by atoms with Crippen molar-refractivity contribution in [1.29, 1.82) is 0 Å². The highest BCUT2D eigenvalue weighted by Gasteiger charge is 2.51. The highest BCUT2D eigenvalue weighted by Crippen LogP contribution is 2.36. The lowest BCUT2D eigenvalue weighted by Gasteiger charge is -2.32. The Hall–Kier alpha value is -0.778. The van der Waals surface area contributed by atoms with E-state index in [1.54, 1.807) is 7.11 Å². The molecule has 0 atom stereocenters. The summed E-state index contributed by atoms with van der Waals surface area (Å²) in [6.07, 6.45) is 0. The van der Waals surface area contributed by atoms with Crippen molar-refractivity contribution in [3.63, 3.8) is 0 Å². The van der Waals surface area contributed by atoms with Crippen LogP contribution >= 0.6 is 0 Å². The molecule has 0 radical (unpaired) electrons. The van der Waals surface area contributed by atoms with Crippen molar-refractivity contribution in [3.05, 3.63) is 18.2 Å². The van der Waals surface area contributed by atoms with Crippen LogP contribution in [0.25, 0.3) is 0 Å². The van der Waals surface area contributed by atoms with Gasteiger partial charge in [-0.3, -0.25) is 0 Å². The molecule has 5 heteroatoms. The molecule has 1 aromatic rings. The first-order valence-corrected chi connectivity index (χ1v) is 11.0. The van der Waals surface area contributed by atoms with E-state index >= 15 is 0 Å². The van der Waals surface area contributed by atoms with Gasteiger partial charge in [-0.25, -0.2) is 0 Å². The second-order valence-electron chi connectivity index (χ2n) is 7.80. The largest absolute Gasteiger partial charge is 0.497 e. The fraction of sp³-hybridized carbons (Fsp3) is 0.625. The summed E-state index contributed by atoms with van der Waals surface area (Å²) in [7, 11) is -0.0292. The van der Waals surface area contributed by atoms with E-state index in [0.717, 1.165) is 11.2 Å². The number of methoxy groups -OCH3 is 1. The van der Waals surface area contributed by atoms with Crippen LogP contribution < -0.4 is 15.4 Å². The molecule has 0 amide bonds. The van der Waals surface area contributed by atoms with Gasteiger partial charge in [0, 0.05) is 0 Å². The average molecular weight is 306 g/mol. The quantitative estimate of drug-likeness (QED) is 0.803. The molecular weight excluding hydrogens is 279 g/mol. The Morgan fingerprint density at radius 3 is 1.95 bits per heavy atom. The van der Waals surface area contributed by atoms with E-state index in [2.05, 4.69) is 65.5 Å². The summed E-state index contributed by atoms with van der Waals surface area (Å²) in [5.41, 5.74) is 0.387. The number of hydrogen-bond acceptors (Lipinski definition) is 3. The first-order chi connectivity index (χ1) is 9.48. The molecule has 0 saturated carbocycles. The first-order valence-electron chi connectivity index (χ1n) is 7.52. The topological polar surface area (TPSA) is 27.7 Å². The molecule has 2 rings (SSSR count). The van der Waals surface area contributed by atoms with Gasteiger partial charge in [0.1, 0.15) is 5.75 Å². The minimum Gasteiger partial charge on any atom is -0.497 e. The first kappa shape index (κ1) is 16.6. The summed E-state index contributed by atoms with van der Waals surface area (Å²) < 4.78 is 17.8. The predicted octanol–water partition coefficient (Wildman–Crippen LogP) is 2.54. The fourth-order valence-corrected chi connectivity index (χ4v) is 3.95. The molecule has 1 heterocycles. The Labute approximate surface area is 130 Å². The van der Waals surface area contributed by atoms with Gasteiger partial charge < -0.3 is 14.0 Å². The van der Waals surface area contributed by atoms with Crippen LogP contribution in [0.4, 0.5) is 0 Å². The summed E-state index contributed by atoms with van der Waals surface area (Å²) in [6.45, 7) is 15.2. The standard InChI is InChI=1S/C16H27BO3Si/c1-15(2)16(3,4)20-17(19-15)12-9-10-14(21(6,7)8)13(11-12)18-5/h9-11H,1-8H3. The van der Waals surface area contributed by atoms with E-state index in [-0.39, 0.29) is 18.3 Å². The number of benzene rings is 1. The third kappa shape index (κ3) is 3.05. The van der Waals surface area contributed by atoms with Gasteiger partial charge in [-0.05, 0) is 44.4 Å². The lowest BCUT2D eigenvalue weighted by atomic mass is 9.79. The molecule has 0 N–H and O–H groups in total. The van der Waals surface area contributed by atoms with Crippen molar-refractivity contribution >= 4 is 25.8 Å². The van der Waals surface area contributed by atoms with E-state index in [0.29, 0.717) is 0 Å². The second-order valence-corrected chi connectivity index (χ2v) is 12.8. The molecule has 1 aliphatic rings. The van der Waals surface area contributed by atoms with Crippen molar-refractivity contribution in [1.82, 2.24) is 0 Å². The summed E-state index contributed by atoms with van der Waals surface area (Å²) in [5.74, 6) is 0.946. The van der Waals surface area contributed by atoms with Crippen molar-refractivity contribution < 1.29 is 14.0 Å². The lowest BCUT2D eigenvalue weighted by Crippen LogP contribution is -2.41. The van der Waals surface area contributed by atoms with E-state index < -0.39 is 8.07 Å². The highest BCUT2D eigenvalue weighted by atomic mass is 28.3. The number of hydrogen-bond donors (Lipinski definition) is 0. The van der Waals surface area contributed by atoms with Crippen LogP contribution in [0.1, 0.15) is 27.7 Å². The van der Waals surface area contributed by atoms with Crippen molar-refractivity contribution in [2.24, 2.45) is 0 Å². The predicted molar refractivity (Wildman–Crippen MR) is 91.7 cm³/mol. The minimum absolute atomic E-state index is 0.317. The molecule has 116 valence electrons. The maximum Gasteiger partial charge on any atom is 0.494 e. The van der Waals surface area contributed by atoms with Crippen molar-refractivity contribution in [3.8, 4) is 5.75 Å². The van der Waals surface area contributed by atoms with E-state index in [4.69, 9.17) is 14.0 Å². The van der Waals surface area contributed by atoms with Crippen LogP contribution in [0.5, 0.6) is 5.75 Å². The molecule has 0 aromatic heterocycles. The van der Waals surface area contributed by atoms with E-state index in [1.165, 1.54) is 5.19 Å². The monoisotopic (exact) mass is 306 g/mol. The lowest BCUT2D eigenvalue weighted by molar-refractivity contribution is 0.00578. The number of rotatable bonds is 3. The molecule has 0 unspecified atom stereocenters. The Morgan fingerprint density at radius 1 is 1.00 bits per heavy atom. The summed E-state index contributed by atoms with van der Waals surface area (Å²) >= 11 is 0. The van der Waals surface area contributed by atoms with Gasteiger partial charge in [0.15, 0.2) is 0 Å². The van der Waals surface area contributed by atoms with Gasteiger partial charge >= 0.3 is 7.12 Å². The fourth-order valence-electron chi connectivity index (χ4n) is 2.45. The van der Waals surface area contributed by atoms with Crippen molar-refractivity contribution in [2.45, 2.75) is 58.5 Å². The number of ether oxygens (including phenoxy) is 1. The molecule has 0 spiro atoms. The molecular formula is C16H27BO3Si. The molecule has 1 fully saturated rings. The zero-order valence-corrected chi connectivity index (χ0v) is 15.5. The molecule has 3 nitrogen and oxygen atoms in total. The van der Waals surface area contributed by atoms with Crippen LogP contribution in [0.2, 0.25) is 19.6 Å². The normalized spacial score (nSPS) is 20.7. The highest BCUT2D eigenvalue weighted by molar-refractivity contribution is 6.89. The zero-order valence-electron chi connectivity index (χ0n) is 14.5. The minimum atomic E-state index is -1.42. The van der Waals surface area contributed by atoms with Crippen LogP contribution in [0.3, 0.4) is 0 Å². The van der Waals surface area contributed by atoms with Crippen LogP contribution in [-0.2, 0) is 9.31 Å². The molecule has 1 aromatic carbocycles. The van der Waals surface area contributed by atoms with E-state index in [1.807, 2.05) is 0 Å². The average Bonchev–Trinajstić information content (AvgIpc) is 2.56. The second kappa shape index (κ2) is 5.14. The SMILES string of the molecule is COc1cc(B2OC(C)(C)C(C)(C)O2)ccc1[Si](C)(C)C. The Bertz CT molecular complexity index is 519. The summed E-state index contributed by atoms with van der Waals surface area (Å²) in [4.78, 5) is 0. The van der Waals surface area contributed by atoms with Gasteiger partial charge in [0.2, 0.25) is 0 Å². The molecule has 1 aliphatic heterocycles. The molecule has 0 aliphatic carbocycles. The van der Waals surface area contributed by atoms with Crippen LogP contribution in [0.15, 0.2) is 18.2 Å². The Kier molecular flexibility index (Phi) is 4.06. The van der Waals surface area contributed by atoms with Crippen molar-refractivity contribution in [2.75, 3.05) is 7.11 Å². The maximum absolute atomic E-state index is 6.11. The molecule has 1 saturated heterocycles. The molecule has 21 heavy (non-hydrogen) atoms. The Balaban J connectivity index is 2.36. The maximum atomic E-state index is 6.11. The van der Waals surface area contributed by atoms with Gasteiger partial charge in [-0.2, -0.15) is 0 Å². The Morgan fingerprint density at radius 2 is 1.52 bits per heavy atom. The zero-order chi connectivity index (χ0) is 16.1. The third-order valence-corrected chi connectivity index (χ3v) is 6.59. The van der Waals surface area contributed by atoms with Crippen LogP contribution in [0, 0.1) is 0 Å². The van der Waals surface area contributed by atoms with Gasteiger partial charge in [-0.15, -0.1) is 0 Å². The van der Waals surface area contributed by atoms with Gasteiger partial charge in [0.05, 0.1) is 26.4 Å². The van der Waals surface area contributed by atoms with E-state index in [9.17, 15) is 0 Å². The van der Waals surface area contributed by atoms with Gasteiger partial charge in [-0.1, -0.05) is 31.8 Å². The third-order valence-electron chi connectivity index (χ3n) is 4.56. The van der Waals surface area contributed by atoms with Gasteiger partial charge in [0.25, 0.3) is 0 Å².